The molecule has 0 radical (unpaired) electrons. The summed E-state index contributed by atoms with van der Waals surface area (Å²) < 4.78 is 5.71. The first-order chi connectivity index (χ1) is 15.9. The SMILES string of the molecule is CC(C)N(c1cccc(CCCc2cc(CO)ccc2OC(=O)c2ccccc2)c1)C(C)C. The Bertz CT molecular complexity index is 1040. The van der Waals surface area contributed by atoms with Gasteiger partial charge < -0.3 is 14.7 Å². The van der Waals surface area contributed by atoms with Crippen LogP contribution in [0.4, 0.5) is 5.69 Å². The van der Waals surface area contributed by atoms with E-state index in [1.165, 1.54) is 11.3 Å². The average molecular weight is 446 g/mol. The van der Waals surface area contributed by atoms with E-state index < -0.39 is 0 Å². The molecule has 3 aromatic rings. The van der Waals surface area contributed by atoms with E-state index in [0.717, 1.165) is 30.4 Å². The number of benzene rings is 3. The lowest BCUT2D eigenvalue weighted by molar-refractivity contribution is 0.0733. The Balaban J connectivity index is 1.71. The maximum Gasteiger partial charge on any atom is 0.343 e. The monoisotopic (exact) mass is 445 g/mol. The molecule has 0 aliphatic heterocycles. The van der Waals surface area contributed by atoms with Crippen LogP contribution in [0.2, 0.25) is 0 Å². The van der Waals surface area contributed by atoms with Crippen molar-refractivity contribution in [3.63, 3.8) is 0 Å². The molecule has 0 aromatic heterocycles. The van der Waals surface area contributed by atoms with E-state index in [-0.39, 0.29) is 12.6 Å². The van der Waals surface area contributed by atoms with E-state index in [2.05, 4.69) is 56.9 Å². The molecule has 3 aromatic carbocycles. The largest absolute Gasteiger partial charge is 0.423 e. The lowest BCUT2D eigenvalue weighted by Gasteiger charge is -2.33. The van der Waals surface area contributed by atoms with E-state index >= 15 is 0 Å². The minimum absolute atomic E-state index is 0.0395. The first-order valence-corrected chi connectivity index (χ1v) is 11.8. The van der Waals surface area contributed by atoms with Crippen LogP contribution in [-0.2, 0) is 19.4 Å². The molecule has 1 N–H and O–H groups in total. The zero-order valence-electron chi connectivity index (χ0n) is 20.1. The summed E-state index contributed by atoms with van der Waals surface area (Å²) >= 11 is 0. The van der Waals surface area contributed by atoms with Crippen molar-refractivity contribution in [1.29, 1.82) is 0 Å². The van der Waals surface area contributed by atoms with E-state index in [1.54, 1.807) is 24.3 Å². The molecule has 0 bridgehead atoms. The lowest BCUT2D eigenvalue weighted by atomic mass is 10.0. The van der Waals surface area contributed by atoms with Crippen molar-refractivity contribution in [3.05, 3.63) is 95.1 Å². The van der Waals surface area contributed by atoms with E-state index in [4.69, 9.17) is 4.74 Å². The molecule has 3 rings (SSSR count). The highest BCUT2D eigenvalue weighted by Crippen LogP contribution is 2.25. The van der Waals surface area contributed by atoms with Crippen LogP contribution >= 0.6 is 0 Å². The quantitative estimate of drug-likeness (QED) is 0.298. The van der Waals surface area contributed by atoms with E-state index in [9.17, 15) is 9.90 Å². The van der Waals surface area contributed by atoms with Gasteiger partial charge in [-0.1, -0.05) is 36.4 Å². The topological polar surface area (TPSA) is 49.8 Å². The van der Waals surface area contributed by atoms with Crippen LogP contribution in [0.1, 0.15) is 61.2 Å². The molecule has 4 heteroatoms. The minimum atomic E-state index is -0.372. The number of hydrogen-bond acceptors (Lipinski definition) is 4. The second kappa shape index (κ2) is 11.7. The van der Waals surface area contributed by atoms with Gasteiger partial charge in [0.25, 0.3) is 0 Å². The standard InChI is InChI=1S/C29H35NO3/c1-21(2)30(22(3)4)27-15-9-11-23(19-27)10-8-14-26-18-24(20-31)16-17-28(26)33-29(32)25-12-6-5-7-13-25/h5-7,9,11-13,15-19,21-22,31H,8,10,14,20H2,1-4H3. The second-order valence-corrected chi connectivity index (χ2v) is 8.97. The number of carbonyl (C=O) groups excluding carboxylic acids is 1. The number of nitrogens with zero attached hydrogens (tertiary/aromatic N) is 1. The number of aryl methyl sites for hydroxylation is 2. The van der Waals surface area contributed by atoms with Crippen LogP contribution in [-0.4, -0.2) is 23.2 Å². The average Bonchev–Trinajstić information content (AvgIpc) is 2.80. The van der Waals surface area contributed by atoms with Crippen molar-refractivity contribution >= 4 is 11.7 Å². The van der Waals surface area contributed by atoms with Crippen molar-refractivity contribution in [2.24, 2.45) is 0 Å². The summed E-state index contributed by atoms with van der Waals surface area (Å²) in [5, 5.41) is 9.58. The van der Waals surface area contributed by atoms with Gasteiger partial charge in [-0.15, -0.1) is 0 Å². The van der Waals surface area contributed by atoms with Gasteiger partial charge in [0, 0.05) is 17.8 Å². The third kappa shape index (κ3) is 6.69. The Morgan fingerprint density at radius 3 is 2.24 bits per heavy atom. The van der Waals surface area contributed by atoms with Gasteiger partial charge in [-0.05, 0) is 100 Å². The number of aliphatic hydroxyl groups is 1. The predicted octanol–water partition coefficient (Wildman–Crippen LogP) is 6.20. The van der Waals surface area contributed by atoms with Crippen molar-refractivity contribution in [3.8, 4) is 5.75 Å². The minimum Gasteiger partial charge on any atom is -0.423 e. The molecule has 0 atom stereocenters. The Labute approximate surface area is 197 Å². The Kier molecular flexibility index (Phi) is 8.67. The molecule has 174 valence electrons. The Morgan fingerprint density at radius 2 is 1.58 bits per heavy atom. The summed E-state index contributed by atoms with van der Waals surface area (Å²) in [5.74, 6) is 0.185. The van der Waals surface area contributed by atoms with Crippen molar-refractivity contribution in [2.45, 2.75) is 65.6 Å². The molecule has 0 heterocycles. The first-order valence-electron chi connectivity index (χ1n) is 11.8. The molecule has 0 fully saturated rings. The number of hydrogen-bond donors (Lipinski definition) is 1. The summed E-state index contributed by atoms with van der Waals surface area (Å²) in [6.45, 7) is 8.85. The molecule has 0 saturated carbocycles. The van der Waals surface area contributed by atoms with E-state index in [1.807, 2.05) is 24.3 Å². The molecule has 0 saturated heterocycles. The van der Waals surface area contributed by atoms with Crippen LogP contribution in [0, 0.1) is 0 Å². The molecule has 0 aliphatic rings. The number of anilines is 1. The fourth-order valence-corrected chi connectivity index (χ4v) is 4.31. The molecular weight excluding hydrogens is 410 g/mol. The summed E-state index contributed by atoms with van der Waals surface area (Å²) in [7, 11) is 0. The first kappa shape index (κ1) is 24.5. The van der Waals surface area contributed by atoms with Crippen molar-refractivity contribution in [2.75, 3.05) is 4.90 Å². The summed E-state index contributed by atoms with van der Waals surface area (Å²) in [6, 6.07) is 24.1. The summed E-state index contributed by atoms with van der Waals surface area (Å²) in [5.41, 5.74) is 4.81. The fourth-order valence-electron chi connectivity index (χ4n) is 4.31. The van der Waals surface area contributed by atoms with Crippen LogP contribution in [0.15, 0.2) is 72.8 Å². The zero-order chi connectivity index (χ0) is 23.8. The van der Waals surface area contributed by atoms with Crippen LogP contribution < -0.4 is 9.64 Å². The smallest absolute Gasteiger partial charge is 0.343 e. The number of carbonyl (C=O) groups is 1. The highest BCUT2D eigenvalue weighted by molar-refractivity contribution is 5.91. The number of esters is 1. The highest BCUT2D eigenvalue weighted by Gasteiger charge is 2.15. The number of aliphatic hydroxyl groups excluding tert-OH is 1. The van der Waals surface area contributed by atoms with Gasteiger partial charge in [-0.2, -0.15) is 0 Å². The van der Waals surface area contributed by atoms with Gasteiger partial charge in [0.2, 0.25) is 0 Å². The summed E-state index contributed by atoms with van der Waals surface area (Å²) in [6.07, 6.45) is 2.60. The van der Waals surface area contributed by atoms with Gasteiger partial charge >= 0.3 is 5.97 Å². The predicted molar refractivity (Wildman–Crippen MR) is 135 cm³/mol. The van der Waals surface area contributed by atoms with Crippen LogP contribution in [0.5, 0.6) is 5.75 Å². The zero-order valence-corrected chi connectivity index (χ0v) is 20.1. The molecule has 0 amide bonds. The molecule has 33 heavy (non-hydrogen) atoms. The maximum atomic E-state index is 12.6. The van der Waals surface area contributed by atoms with E-state index in [0.29, 0.717) is 23.4 Å². The second-order valence-electron chi connectivity index (χ2n) is 8.97. The van der Waals surface area contributed by atoms with Gasteiger partial charge in [-0.3, -0.25) is 0 Å². The van der Waals surface area contributed by atoms with Crippen LogP contribution in [0.3, 0.4) is 0 Å². The molecule has 0 aliphatic carbocycles. The van der Waals surface area contributed by atoms with Gasteiger partial charge in [0.05, 0.1) is 12.2 Å². The van der Waals surface area contributed by atoms with Gasteiger partial charge in [0.1, 0.15) is 5.75 Å². The Hall–Kier alpha value is -3.11. The number of rotatable bonds is 10. The van der Waals surface area contributed by atoms with Crippen LogP contribution in [0.25, 0.3) is 0 Å². The Morgan fingerprint density at radius 1 is 0.848 bits per heavy atom. The fraction of sp³-hybridized carbons (Fsp3) is 0.345. The maximum absolute atomic E-state index is 12.6. The third-order valence-corrected chi connectivity index (χ3v) is 5.75. The molecule has 4 nitrogen and oxygen atoms in total. The van der Waals surface area contributed by atoms with Gasteiger partial charge in [0.15, 0.2) is 0 Å². The molecule has 0 unspecified atom stereocenters. The van der Waals surface area contributed by atoms with Crippen molar-refractivity contribution < 1.29 is 14.6 Å². The molecule has 0 spiro atoms. The lowest BCUT2D eigenvalue weighted by Crippen LogP contribution is -2.36. The summed E-state index contributed by atoms with van der Waals surface area (Å²) in [4.78, 5) is 15.0. The van der Waals surface area contributed by atoms with Crippen molar-refractivity contribution in [1.82, 2.24) is 0 Å². The van der Waals surface area contributed by atoms with Gasteiger partial charge in [-0.25, -0.2) is 4.79 Å². The third-order valence-electron chi connectivity index (χ3n) is 5.75. The number of ether oxygens (including phenoxy) is 1. The normalized spacial score (nSPS) is 11.1. The highest BCUT2D eigenvalue weighted by atomic mass is 16.5. The molecular formula is C29H35NO3.